The summed E-state index contributed by atoms with van der Waals surface area (Å²) in [6.07, 6.45) is 0.423. The highest BCUT2D eigenvalue weighted by atomic mass is 16.5. The Balaban J connectivity index is 4.35. The number of hydrogen-bond donors (Lipinski definition) is 0. The lowest BCUT2D eigenvalue weighted by Crippen LogP contribution is -2.30. The molecule has 0 heterocycles. The second kappa shape index (κ2) is 4.98. The molecule has 1 atom stereocenters. The molecule has 0 radical (unpaired) electrons. The van der Waals surface area contributed by atoms with Gasteiger partial charge < -0.3 is 9.47 Å². The normalized spacial score (nSPS) is 13.2. The van der Waals surface area contributed by atoms with Crippen molar-refractivity contribution >= 4 is 11.9 Å². The molecule has 4 heteroatoms. The van der Waals surface area contributed by atoms with E-state index < -0.39 is 5.41 Å². The van der Waals surface area contributed by atoms with E-state index >= 15 is 0 Å². The van der Waals surface area contributed by atoms with Crippen LogP contribution in [0.4, 0.5) is 0 Å². The molecule has 0 aromatic carbocycles. The molecule has 0 aliphatic carbocycles. The second-order valence-electron chi connectivity index (χ2n) is 4.00. The van der Waals surface area contributed by atoms with E-state index in [1.165, 1.54) is 14.2 Å². The van der Waals surface area contributed by atoms with Gasteiger partial charge in [-0.3, -0.25) is 9.59 Å². The zero-order valence-corrected chi connectivity index (χ0v) is 9.42. The Bertz CT molecular complexity index is 220. The predicted molar refractivity (Wildman–Crippen MR) is 51.6 cm³/mol. The fourth-order valence-corrected chi connectivity index (χ4v) is 1.41. The Kier molecular flexibility index (Phi) is 4.60. The molecule has 14 heavy (non-hydrogen) atoms. The molecule has 0 aromatic heterocycles. The van der Waals surface area contributed by atoms with Crippen LogP contribution in [0.15, 0.2) is 0 Å². The van der Waals surface area contributed by atoms with Crippen LogP contribution in [0.1, 0.15) is 27.2 Å². The van der Waals surface area contributed by atoms with Crippen LogP contribution in [-0.4, -0.2) is 26.2 Å². The first-order valence-corrected chi connectivity index (χ1v) is 4.51. The molecule has 0 rings (SSSR count). The summed E-state index contributed by atoms with van der Waals surface area (Å²) < 4.78 is 9.22. The molecule has 0 aromatic rings. The number of carbonyl (C=O) groups is 2. The first-order chi connectivity index (χ1) is 6.35. The standard InChI is InChI=1S/C10H18O4/c1-7(8(11)13-4)6-10(2,3)9(12)14-5/h7H,6H2,1-5H3. The average molecular weight is 202 g/mol. The molecule has 82 valence electrons. The number of esters is 2. The van der Waals surface area contributed by atoms with Crippen LogP contribution in [0.3, 0.4) is 0 Å². The van der Waals surface area contributed by atoms with Gasteiger partial charge >= 0.3 is 11.9 Å². The van der Waals surface area contributed by atoms with Gasteiger partial charge in [0.05, 0.1) is 25.6 Å². The van der Waals surface area contributed by atoms with Crippen LogP contribution in [-0.2, 0) is 19.1 Å². The van der Waals surface area contributed by atoms with Gasteiger partial charge in [-0.05, 0) is 20.3 Å². The molecule has 0 aliphatic rings. The van der Waals surface area contributed by atoms with E-state index in [1.54, 1.807) is 20.8 Å². The number of carbonyl (C=O) groups excluding carboxylic acids is 2. The minimum Gasteiger partial charge on any atom is -0.469 e. The molecule has 4 nitrogen and oxygen atoms in total. The Morgan fingerprint density at radius 2 is 1.71 bits per heavy atom. The Morgan fingerprint density at radius 3 is 2.07 bits per heavy atom. The fraction of sp³-hybridized carbons (Fsp3) is 0.800. The molecule has 0 saturated carbocycles. The minimum atomic E-state index is -0.650. The van der Waals surface area contributed by atoms with Gasteiger partial charge in [0.25, 0.3) is 0 Å². The lowest BCUT2D eigenvalue weighted by Gasteiger charge is -2.23. The number of rotatable bonds is 4. The molecular formula is C10H18O4. The van der Waals surface area contributed by atoms with Gasteiger partial charge in [0.2, 0.25) is 0 Å². The molecule has 0 amide bonds. The summed E-state index contributed by atoms with van der Waals surface area (Å²) in [6.45, 7) is 5.23. The molecule has 0 saturated heterocycles. The van der Waals surface area contributed by atoms with Crippen molar-refractivity contribution in [3.8, 4) is 0 Å². The van der Waals surface area contributed by atoms with Crippen LogP contribution in [0.2, 0.25) is 0 Å². The highest BCUT2D eigenvalue weighted by Gasteiger charge is 2.33. The Morgan fingerprint density at radius 1 is 1.21 bits per heavy atom. The summed E-state index contributed by atoms with van der Waals surface area (Å²) in [7, 11) is 2.68. The van der Waals surface area contributed by atoms with Crippen molar-refractivity contribution in [2.24, 2.45) is 11.3 Å². The van der Waals surface area contributed by atoms with Gasteiger partial charge in [-0.2, -0.15) is 0 Å². The third-order valence-electron chi connectivity index (χ3n) is 2.16. The van der Waals surface area contributed by atoms with Crippen molar-refractivity contribution in [3.05, 3.63) is 0 Å². The van der Waals surface area contributed by atoms with Crippen molar-refractivity contribution in [1.82, 2.24) is 0 Å². The highest BCUT2D eigenvalue weighted by molar-refractivity contribution is 5.78. The summed E-state index contributed by atoms with van der Waals surface area (Å²) in [5.41, 5.74) is -0.650. The van der Waals surface area contributed by atoms with E-state index in [0.29, 0.717) is 6.42 Å². The predicted octanol–water partition coefficient (Wildman–Crippen LogP) is 1.38. The Hall–Kier alpha value is -1.06. The van der Waals surface area contributed by atoms with Crippen LogP contribution >= 0.6 is 0 Å². The van der Waals surface area contributed by atoms with Gasteiger partial charge in [-0.1, -0.05) is 6.92 Å². The first-order valence-electron chi connectivity index (χ1n) is 4.51. The van der Waals surface area contributed by atoms with Crippen LogP contribution < -0.4 is 0 Å². The number of hydrogen-bond acceptors (Lipinski definition) is 4. The smallest absolute Gasteiger partial charge is 0.311 e. The summed E-state index contributed by atoms with van der Waals surface area (Å²) in [6, 6.07) is 0. The van der Waals surface area contributed by atoms with Crippen LogP contribution in [0, 0.1) is 11.3 Å². The van der Waals surface area contributed by atoms with Crippen molar-refractivity contribution in [2.75, 3.05) is 14.2 Å². The summed E-state index contributed by atoms with van der Waals surface area (Å²) in [5, 5.41) is 0. The van der Waals surface area contributed by atoms with Gasteiger partial charge in [0, 0.05) is 0 Å². The lowest BCUT2D eigenvalue weighted by molar-refractivity contribution is -0.154. The molecule has 1 unspecified atom stereocenters. The second-order valence-corrected chi connectivity index (χ2v) is 4.00. The van der Waals surface area contributed by atoms with Crippen LogP contribution in [0.25, 0.3) is 0 Å². The molecule has 0 aliphatic heterocycles. The third kappa shape index (κ3) is 3.36. The van der Waals surface area contributed by atoms with Crippen molar-refractivity contribution in [3.63, 3.8) is 0 Å². The van der Waals surface area contributed by atoms with E-state index in [0.717, 1.165) is 0 Å². The van der Waals surface area contributed by atoms with Gasteiger partial charge in [-0.15, -0.1) is 0 Å². The first kappa shape index (κ1) is 12.9. The maximum Gasteiger partial charge on any atom is 0.311 e. The topological polar surface area (TPSA) is 52.6 Å². The fourth-order valence-electron chi connectivity index (χ4n) is 1.41. The monoisotopic (exact) mass is 202 g/mol. The number of methoxy groups -OCH3 is 2. The molecule has 0 spiro atoms. The zero-order valence-electron chi connectivity index (χ0n) is 9.42. The van der Waals surface area contributed by atoms with Crippen molar-refractivity contribution in [2.45, 2.75) is 27.2 Å². The molecular weight excluding hydrogens is 184 g/mol. The van der Waals surface area contributed by atoms with Crippen LogP contribution in [0.5, 0.6) is 0 Å². The maximum atomic E-state index is 11.3. The van der Waals surface area contributed by atoms with Gasteiger partial charge in [-0.25, -0.2) is 0 Å². The number of ether oxygens (including phenoxy) is 2. The third-order valence-corrected chi connectivity index (χ3v) is 2.16. The highest BCUT2D eigenvalue weighted by Crippen LogP contribution is 2.27. The minimum absolute atomic E-state index is 0.297. The van der Waals surface area contributed by atoms with Crippen molar-refractivity contribution in [1.29, 1.82) is 0 Å². The van der Waals surface area contributed by atoms with E-state index in [2.05, 4.69) is 9.47 Å². The summed E-state index contributed by atoms with van der Waals surface area (Å²) in [5.74, 6) is -0.913. The largest absolute Gasteiger partial charge is 0.469 e. The Labute approximate surface area is 84.6 Å². The summed E-state index contributed by atoms with van der Waals surface area (Å²) in [4.78, 5) is 22.4. The summed E-state index contributed by atoms with van der Waals surface area (Å²) >= 11 is 0. The van der Waals surface area contributed by atoms with Gasteiger partial charge in [0.1, 0.15) is 0 Å². The SMILES string of the molecule is COC(=O)C(C)CC(C)(C)C(=O)OC. The average Bonchev–Trinajstić information content (AvgIpc) is 2.14. The molecule has 0 N–H and O–H groups in total. The molecule has 0 bridgehead atoms. The van der Waals surface area contributed by atoms with Crippen molar-refractivity contribution < 1.29 is 19.1 Å². The quantitative estimate of drug-likeness (QED) is 0.646. The van der Waals surface area contributed by atoms with E-state index in [9.17, 15) is 9.59 Å². The van der Waals surface area contributed by atoms with E-state index in [4.69, 9.17) is 0 Å². The van der Waals surface area contributed by atoms with E-state index in [-0.39, 0.29) is 17.9 Å². The zero-order chi connectivity index (χ0) is 11.4. The van der Waals surface area contributed by atoms with Gasteiger partial charge in [0.15, 0.2) is 0 Å². The molecule has 0 fully saturated rings. The lowest BCUT2D eigenvalue weighted by atomic mass is 9.83. The van der Waals surface area contributed by atoms with E-state index in [1.807, 2.05) is 0 Å². The maximum absolute atomic E-state index is 11.3.